The highest BCUT2D eigenvalue weighted by Gasteiger charge is 2.30. The number of carboxylic acid groups (broad SMARTS) is 1. The van der Waals surface area contributed by atoms with Gasteiger partial charge in [-0.05, 0) is 6.42 Å². The lowest BCUT2D eigenvalue weighted by Gasteiger charge is -2.23. The van der Waals surface area contributed by atoms with Gasteiger partial charge in [0.2, 0.25) is 0 Å². The van der Waals surface area contributed by atoms with Crippen molar-refractivity contribution in [2.45, 2.75) is 51.1 Å². The Morgan fingerprint density at radius 2 is 1.67 bits per heavy atom. The second-order valence-electron chi connectivity index (χ2n) is 4.12. The van der Waals surface area contributed by atoms with Crippen LogP contribution in [-0.4, -0.2) is 74.8 Å². The zero-order valence-electron chi connectivity index (χ0n) is 11.9. The van der Waals surface area contributed by atoms with Crippen molar-refractivity contribution < 1.29 is 44.7 Å². The number of aldehydes is 1. The Morgan fingerprint density at radius 1 is 1.14 bits per heavy atom. The van der Waals surface area contributed by atoms with Gasteiger partial charge in [0.05, 0.1) is 0 Å². The number of rotatable bonds is 8. The third-order valence-electron chi connectivity index (χ3n) is 2.15. The maximum atomic E-state index is 10.3. The average molecular weight is 310 g/mol. The van der Waals surface area contributed by atoms with Crippen LogP contribution in [0, 0.1) is 0 Å². The molecule has 5 N–H and O–H groups in total. The summed E-state index contributed by atoms with van der Waals surface area (Å²) in [5.41, 5.74) is 0. The van der Waals surface area contributed by atoms with E-state index in [1.165, 1.54) is 0 Å². The number of esters is 1. The van der Waals surface area contributed by atoms with E-state index in [9.17, 15) is 19.5 Å². The summed E-state index contributed by atoms with van der Waals surface area (Å²) in [5, 5.41) is 44.2. The largest absolute Gasteiger partial charge is 0.481 e. The fourth-order valence-electron chi connectivity index (χ4n) is 1.03. The first kappa shape index (κ1) is 21.7. The van der Waals surface area contributed by atoms with Gasteiger partial charge in [0.15, 0.2) is 6.29 Å². The molecule has 0 spiro atoms. The summed E-state index contributed by atoms with van der Waals surface area (Å²) in [6.07, 6.45) is -5.93. The molecule has 0 aliphatic rings. The molecular formula is C12H22O9. The lowest BCUT2D eigenvalue weighted by molar-refractivity contribution is -0.154. The molecule has 0 saturated carbocycles. The van der Waals surface area contributed by atoms with E-state index in [1.807, 2.05) is 6.92 Å². The molecule has 0 aliphatic carbocycles. The number of hydrogen-bond acceptors (Lipinski definition) is 8. The number of carbonyl (C=O) groups is 3. The van der Waals surface area contributed by atoms with Gasteiger partial charge in [0.1, 0.15) is 31.0 Å². The van der Waals surface area contributed by atoms with Crippen molar-refractivity contribution >= 4 is 18.2 Å². The van der Waals surface area contributed by atoms with Crippen LogP contribution < -0.4 is 0 Å². The molecule has 0 unspecified atom stereocenters. The minimum absolute atomic E-state index is 0.0203. The van der Waals surface area contributed by atoms with Crippen LogP contribution >= 0.6 is 0 Å². The highest BCUT2D eigenvalue weighted by atomic mass is 16.5. The molecule has 0 radical (unpaired) electrons. The van der Waals surface area contributed by atoms with E-state index in [2.05, 4.69) is 4.74 Å². The molecule has 0 fully saturated rings. The smallest absolute Gasteiger partial charge is 0.303 e. The van der Waals surface area contributed by atoms with Crippen LogP contribution in [-0.2, 0) is 19.1 Å². The van der Waals surface area contributed by atoms with Crippen molar-refractivity contribution in [2.75, 3.05) is 6.61 Å². The Hall–Kier alpha value is -1.55. The Morgan fingerprint density at radius 3 is 1.95 bits per heavy atom. The van der Waals surface area contributed by atoms with E-state index in [0.717, 1.165) is 13.3 Å². The summed E-state index contributed by atoms with van der Waals surface area (Å²) < 4.78 is 4.36. The first-order valence-electron chi connectivity index (χ1n) is 6.20. The number of carbonyl (C=O) groups excluding carboxylic acids is 2. The summed E-state index contributed by atoms with van der Waals surface area (Å²) in [6.45, 7) is 2.42. The number of aliphatic hydroxyl groups is 4. The molecule has 0 amide bonds. The predicted octanol–water partition coefficient (Wildman–Crippen LogP) is -1.94. The van der Waals surface area contributed by atoms with Crippen LogP contribution in [0.2, 0.25) is 0 Å². The number of hydrogen-bond donors (Lipinski definition) is 5. The van der Waals surface area contributed by atoms with E-state index in [-0.39, 0.29) is 6.29 Å². The van der Waals surface area contributed by atoms with Crippen molar-refractivity contribution in [1.82, 2.24) is 0 Å². The van der Waals surface area contributed by atoms with Crippen LogP contribution in [0.1, 0.15) is 26.7 Å². The van der Waals surface area contributed by atoms with Gasteiger partial charge in [-0.15, -0.1) is 0 Å². The SMILES string of the molecule is CC(=O)OC[C@@H](O)[C@@H](O)[C@H](O)[C@@H](O)C=O.CCCC(=O)O. The Labute approximate surface area is 121 Å². The maximum Gasteiger partial charge on any atom is 0.303 e. The monoisotopic (exact) mass is 310 g/mol. The Kier molecular flexibility index (Phi) is 12.6. The first-order chi connectivity index (χ1) is 9.67. The topological polar surface area (TPSA) is 162 Å². The lowest BCUT2D eigenvalue weighted by atomic mass is 10.0. The average Bonchev–Trinajstić information content (AvgIpc) is 2.42. The van der Waals surface area contributed by atoms with Gasteiger partial charge in [-0.25, -0.2) is 0 Å². The minimum Gasteiger partial charge on any atom is -0.481 e. The predicted molar refractivity (Wildman–Crippen MR) is 69.3 cm³/mol. The van der Waals surface area contributed by atoms with Crippen molar-refractivity contribution in [3.8, 4) is 0 Å². The van der Waals surface area contributed by atoms with Crippen LogP contribution in [0.3, 0.4) is 0 Å². The number of aliphatic hydroxyl groups excluding tert-OH is 4. The molecule has 0 aliphatic heterocycles. The van der Waals surface area contributed by atoms with E-state index in [1.54, 1.807) is 0 Å². The van der Waals surface area contributed by atoms with E-state index >= 15 is 0 Å². The van der Waals surface area contributed by atoms with E-state index < -0.39 is 43.0 Å². The fraction of sp³-hybridized carbons (Fsp3) is 0.750. The Bertz CT molecular complexity index is 318. The normalized spacial score (nSPS) is 15.7. The molecule has 0 bridgehead atoms. The third kappa shape index (κ3) is 11.9. The molecule has 21 heavy (non-hydrogen) atoms. The van der Waals surface area contributed by atoms with Crippen LogP contribution in [0.15, 0.2) is 0 Å². The molecule has 9 heteroatoms. The van der Waals surface area contributed by atoms with E-state index in [0.29, 0.717) is 6.42 Å². The lowest BCUT2D eigenvalue weighted by Crippen LogP contribution is -2.46. The van der Waals surface area contributed by atoms with Gasteiger partial charge in [-0.1, -0.05) is 6.92 Å². The van der Waals surface area contributed by atoms with Crippen molar-refractivity contribution in [3.05, 3.63) is 0 Å². The molecule has 0 aromatic carbocycles. The quantitative estimate of drug-likeness (QED) is 0.254. The van der Waals surface area contributed by atoms with Gasteiger partial charge >= 0.3 is 11.9 Å². The summed E-state index contributed by atoms with van der Waals surface area (Å²) in [4.78, 5) is 30.0. The van der Waals surface area contributed by atoms with Crippen molar-refractivity contribution in [2.24, 2.45) is 0 Å². The summed E-state index contributed by atoms with van der Waals surface area (Å²) in [5.74, 6) is -1.37. The number of ether oxygens (including phenoxy) is 1. The molecule has 124 valence electrons. The maximum absolute atomic E-state index is 10.3. The summed E-state index contributed by atoms with van der Waals surface area (Å²) in [7, 11) is 0. The third-order valence-corrected chi connectivity index (χ3v) is 2.15. The van der Waals surface area contributed by atoms with Gasteiger partial charge < -0.3 is 35.1 Å². The number of carboxylic acids is 1. The van der Waals surface area contributed by atoms with Crippen molar-refractivity contribution in [1.29, 1.82) is 0 Å². The molecule has 4 atom stereocenters. The van der Waals surface area contributed by atoms with Crippen LogP contribution in [0.25, 0.3) is 0 Å². The van der Waals surface area contributed by atoms with Gasteiger partial charge in [-0.3, -0.25) is 9.59 Å². The molecule has 0 aromatic heterocycles. The summed E-state index contributed by atoms with van der Waals surface area (Å²) >= 11 is 0. The second-order valence-corrected chi connectivity index (χ2v) is 4.12. The van der Waals surface area contributed by atoms with Crippen molar-refractivity contribution in [3.63, 3.8) is 0 Å². The van der Waals surface area contributed by atoms with Crippen LogP contribution in [0.5, 0.6) is 0 Å². The fourth-order valence-corrected chi connectivity index (χ4v) is 1.03. The van der Waals surface area contributed by atoms with Gasteiger partial charge in [0.25, 0.3) is 0 Å². The highest BCUT2D eigenvalue weighted by Crippen LogP contribution is 2.04. The zero-order valence-corrected chi connectivity index (χ0v) is 11.9. The van der Waals surface area contributed by atoms with E-state index in [4.69, 9.17) is 20.4 Å². The minimum atomic E-state index is -1.83. The summed E-state index contributed by atoms with van der Waals surface area (Å²) in [6, 6.07) is 0. The standard InChI is InChI=1S/C8H14O7.C4H8O2/c1-4(10)15-3-6(12)8(14)7(13)5(11)2-9;1-2-3-4(5)6/h2,5-8,11-14H,3H2,1H3;2-3H2,1H3,(H,5,6)/t5-,6+,7+,8+;/m0./s1. The molecule has 9 nitrogen and oxygen atoms in total. The number of aliphatic carboxylic acids is 1. The molecular weight excluding hydrogens is 288 g/mol. The zero-order chi connectivity index (χ0) is 17.0. The molecule has 0 heterocycles. The molecule has 0 aromatic rings. The highest BCUT2D eigenvalue weighted by molar-refractivity contribution is 5.66. The first-order valence-corrected chi connectivity index (χ1v) is 6.20. The molecule has 0 saturated heterocycles. The van der Waals surface area contributed by atoms with Gasteiger partial charge in [-0.2, -0.15) is 0 Å². The van der Waals surface area contributed by atoms with Gasteiger partial charge in [0, 0.05) is 13.3 Å². The second kappa shape index (κ2) is 12.2. The van der Waals surface area contributed by atoms with Crippen LogP contribution in [0.4, 0.5) is 0 Å². The Balaban J connectivity index is 0. The molecule has 0 rings (SSSR count).